The third-order valence-electron chi connectivity index (χ3n) is 2.31. The summed E-state index contributed by atoms with van der Waals surface area (Å²) in [6, 6.07) is -0.421. The van der Waals surface area contributed by atoms with Crippen molar-refractivity contribution in [3.8, 4) is 0 Å². The van der Waals surface area contributed by atoms with Crippen LogP contribution in [0.1, 0.15) is 0 Å². The molecule has 0 aromatic rings. The molecule has 1 saturated heterocycles. The lowest BCUT2D eigenvalue weighted by Crippen LogP contribution is -2.53. The van der Waals surface area contributed by atoms with Crippen molar-refractivity contribution >= 4 is 12.1 Å². The molecule has 0 aromatic heterocycles. The van der Waals surface area contributed by atoms with Gasteiger partial charge in [0.15, 0.2) is 0 Å². The van der Waals surface area contributed by atoms with Gasteiger partial charge in [-0.15, -0.1) is 0 Å². The maximum absolute atomic E-state index is 11.3. The second-order valence-electron chi connectivity index (χ2n) is 3.14. The van der Waals surface area contributed by atoms with Gasteiger partial charge in [-0.1, -0.05) is 12.2 Å². The molecule has 0 radical (unpaired) electrons. The molecular weight excluding hydrogens is 186 g/mol. The van der Waals surface area contributed by atoms with Gasteiger partial charge in [0.25, 0.3) is 0 Å². The van der Waals surface area contributed by atoms with Crippen LogP contribution in [0, 0.1) is 0 Å². The number of fused-ring (bicyclic) bond motifs is 1. The average molecular weight is 197 g/mol. The summed E-state index contributed by atoms with van der Waals surface area (Å²) in [4.78, 5) is 23.8. The molecule has 6 heteroatoms. The zero-order chi connectivity index (χ0) is 10.1. The van der Waals surface area contributed by atoms with E-state index in [4.69, 9.17) is 0 Å². The first-order chi connectivity index (χ1) is 6.72. The second-order valence-corrected chi connectivity index (χ2v) is 3.14. The molecule has 0 aliphatic carbocycles. The van der Waals surface area contributed by atoms with E-state index in [0.29, 0.717) is 6.54 Å². The maximum Gasteiger partial charge on any atom is 0.411 e. The Hall–Kier alpha value is -1.72. The van der Waals surface area contributed by atoms with Gasteiger partial charge < -0.3 is 15.4 Å². The van der Waals surface area contributed by atoms with Crippen LogP contribution in [-0.2, 0) is 4.74 Å². The quantitative estimate of drug-likeness (QED) is 0.520. The number of hydrogen-bond acceptors (Lipinski definition) is 3. The molecule has 6 nitrogen and oxygen atoms in total. The molecule has 0 saturated carbocycles. The van der Waals surface area contributed by atoms with Gasteiger partial charge in [-0.2, -0.15) is 0 Å². The van der Waals surface area contributed by atoms with Crippen LogP contribution in [0.3, 0.4) is 0 Å². The van der Waals surface area contributed by atoms with Crippen LogP contribution in [0.2, 0.25) is 0 Å². The molecule has 0 unspecified atom stereocenters. The highest BCUT2D eigenvalue weighted by molar-refractivity contribution is 5.79. The molecule has 14 heavy (non-hydrogen) atoms. The molecule has 2 aliphatic heterocycles. The van der Waals surface area contributed by atoms with E-state index < -0.39 is 6.09 Å². The highest BCUT2D eigenvalue weighted by Gasteiger charge is 2.38. The molecule has 3 amide bonds. The number of rotatable bonds is 0. The molecule has 1 fully saturated rings. The van der Waals surface area contributed by atoms with Gasteiger partial charge >= 0.3 is 12.1 Å². The fourth-order valence-electron chi connectivity index (χ4n) is 1.66. The van der Waals surface area contributed by atoms with Crippen LogP contribution in [0.4, 0.5) is 9.59 Å². The van der Waals surface area contributed by atoms with Crippen molar-refractivity contribution in [3.63, 3.8) is 0 Å². The van der Waals surface area contributed by atoms with Gasteiger partial charge in [-0.05, 0) is 0 Å². The van der Waals surface area contributed by atoms with Gasteiger partial charge in [0.1, 0.15) is 6.17 Å². The van der Waals surface area contributed by atoms with Gasteiger partial charge in [0, 0.05) is 6.54 Å². The van der Waals surface area contributed by atoms with E-state index in [1.165, 1.54) is 12.0 Å². The molecule has 76 valence electrons. The van der Waals surface area contributed by atoms with Gasteiger partial charge in [-0.25, -0.2) is 9.59 Å². The van der Waals surface area contributed by atoms with E-state index in [1.807, 2.05) is 12.2 Å². The number of nitrogens with one attached hydrogen (secondary N) is 2. The van der Waals surface area contributed by atoms with E-state index in [2.05, 4.69) is 15.4 Å². The topological polar surface area (TPSA) is 70.7 Å². The summed E-state index contributed by atoms with van der Waals surface area (Å²) < 4.78 is 4.61. The van der Waals surface area contributed by atoms with E-state index in [0.717, 1.165) is 0 Å². The van der Waals surface area contributed by atoms with Crippen molar-refractivity contribution in [1.82, 2.24) is 15.5 Å². The van der Waals surface area contributed by atoms with E-state index in [-0.39, 0.29) is 18.2 Å². The van der Waals surface area contributed by atoms with Crippen LogP contribution in [0.15, 0.2) is 12.2 Å². The third-order valence-corrected chi connectivity index (χ3v) is 2.31. The normalized spacial score (nSPS) is 29.2. The Bertz CT molecular complexity index is 302. The first-order valence-corrected chi connectivity index (χ1v) is 4.30. The molecule has 2 rings (SSSR count). The van der Waals surface area contributed by atoms with Gasteiger partial charge in [0.05, 0.1) is 13.2 Å². The zero-order valence-corrected chi connectivity index (χ0v) is 7.69. The number of amides is 3. The largest absolute Gasteiger partial charge is 0.453 e. The molecule has 2 atom stereocenters. The molecule has 0 spiro atoms. The second kappa shape index (κ2) is 3.21. The molecule has 2 heterocycles. The Morgan fingerprint density at radius 2 is 2.43 bits per heavy atom. The highest BCUT2D eigenvalue weighted by atomic mass is 16.5. The van der Waals surface area contributed by atoms with E-state index in [1.54, 1.807) is 0 Å². The molecule has 2 aliphatic rings. The summed E-state index contributed by atoms with van der Waals surface area (Å²) >= 11 is 0. The summed E-state index contributed by atoms with van der Waals surface area (Å²) in [7, 11) is 1.32. The van der Waals surface area contributed by atoms with Crippen molar-refractivity contribution < 1.29 is 14.3 Å². The summed E-state index contributed by atoms with van der Waals surface area (Å²) in [5.41, 5.74) is 0. The lowest BCUT2D eigenvalue weighted by molar-refractivity contribution is 0.103. The van der Waals surface area contributed by atoms with Crippen LogP contribution < -0.4 is 10.6 Å². The molecule has 0 bridgehead atoms. The van der Waals surface area contributed by atoms with Crippen molar-refractivity contribution in [1.29, 1.82) is 0 Å². The van der Waals surface area contributed by atoms with Crippen LogP contribution in [-0.4, -0.2) is 42.9 Å². The Labute approximate surface area is 80.9 Å². The maximum atomic E-state index is 11.3. The van der Waals surface area contributed by atoms with Crippen molar-refractivity contribution in [3.05, 3.63) is 12.2 Å². The standard InChI is InChI=1S/C8H11N3O3/c1-14-8(13)11-4-2-3-5-6(11)10-7(12)9-5/h2-3,5-6H,4H2,1H3,(H2,9,10,12)/t5-,6+/m1/s1. The number of carbonyl (C=O) groups excluding carboxylic acids is 2. The molecular formula is C8H11N3O3. The minimum atomic E-state index is -0.437. The van der Waals surface area contributed by atoms with Crippen molar-refractivity contribution in [2.75, 3.05) is 13.7 Å². The number of hydrogen-bond donors (Lipinski definition) is 2. The lowest BCUT2D eigenvalue weighted by atomic mass is 10.1. The van der Waals surface area contributed by atoms with Crippen molar-refractivity contribution in [2.24, 2.45) is 0 Å². The van der Waals surface area contributed by atoms with Crippen molar-refractivity contribution in [2.45, 2.75) is 12.2 Å². The summed E-state index contributed by atoms with van der Waals surface area (Å²) in [5, 5.41) is 5.32. The number of ether oxygens (including phenoxy) is 1. The minimum absolute atomic E-state index is 0.157. The monoisotopic (exact) mass is 197 g/mol. The molecule has 0 aromatic carbocycles. The summed E-state index contributed by atoms with van der Waals surface area (Å²) in [5.74, 6) is 0. The zero-order valence-electron chi connectivity index (χ0n) is 7.69. The predicted octanol–water partition coefficient (Wildman–Crippen LogP) is -0.368. The molecule has 2 N–H and O–H groups in total. The highest BCUT2D eigenvalue weighted by Crippen LogP contribution is 2.14. The van der Waals surface area contributed by atoms with Crippen LogP contribution >= 0.6 is 0 Å². The number of urea groups is 1. The fraction of sp³-hybridized carbons (Fsp3) is 0.500. The van der Waals surface area contributed by atoms with E-state index >= 15 is 0 Å². The lowest BCUT2D eigenvalue weighted by Gasteiger charge is -2.31. The van der Waals surface area contributed by atoms with Gasteiger partial charge in [-0.3, -0.25) is 4.90 Å². The predicted molar refractivity (Wildman–Crippen MR) is 47.5 cm³/mol. The Morgan fingerprint density at radius 3 is 3.14 bits per heavy atom. The summed E-state index contributed by atoms with van der Waals surface area (Å²) in [6.45, 7) is 0.454. The fourth-order valence-corrected chi connectivity index (χ4v) is 1.66. The first-order valence-electron chi connectivity index (χ1n) is 4.30. The average Bonchev–Trinajstić information content (AvgIpc) is 2.56. The summed E-state index contributed by atoms with van der Waals surface area (Å²) in [6.07, 6.45) is 2.92. The Morgan fingerprint density at radius 1 is 1.64 bits per heavy atom. The number of methoxy groups -OCH3 is 1. The smallest absolute Gasteiger partial charge is 0.411 e. The first kappa shape index (κ1) is 8.86. The van der Waals surface area contributed by atoms with Crippen LogP contribution in [0.5, 0.6) is 0 Å². The number of nitrogens with zero attached hydrogens (tertiary/aromatic N) is 1. The SMILES string of the molecule is COC(=O)N1CC=C[C@H]2NC(=O)N[C@H]21. The Balaban J connectivity index is 2.17. The Kier molecular flexibility index (Phi) is 2.03. The third kappa shape index (κ3) is 1.28. The van der Waals surface area contributed by atoms with Crippen LogP contribution in [0.25, 0.3) is 0 Å². The van der Waals surface area contributed by atoms with Gasteiger partial charge in [0.2, 0.25) is 0 Å². The minimum Gasteiger partial charge on any atom is -0.453 e. The van der Waals surface area contributed by atoms with E-state index in [9.17, 15) is 9.59 Å². The number of carbonyl (C=O) groups is 2.